The Kier molecular flexibility index (Phi) is 5.96. The van der Waals surface area contributed by atoms with Crippen molar-refractivity contribution in [1.29, 1.82) is 0 Å². The van der Waals surface area contributed by atoms with E-state index in [1.54, 1.807) is 43.8 Å². The maximum Gasteiger partial charge on any atom is 0.248 e. The van der Waals surface area contributed by atoms with Crippen LogP contribution < -0.4 is 10.1 Å². The molecule has 1 amide bonds. The lowest BCUT2D eigenvalue weighted by atomic mass is 10.2. The number of nitrogens with one attached hydrogen (secondary N) is 1. The summed E-state index contributed by atoms with van der Waals surface area (Å²) in [5, 5.41) is 2.84. The number of carbonyl (C=O) groups excluding carboxylic acids is 1. The van der Waals surface area contributed by atoms with E-state index in [-0.39, 0.29) is 5.91 Å². The number of pyridine rings is 1. The maximum atomic E-state index is 12.4. The lowest BCUT2D eigenvalue weighted by Crippen LogP contribution is -2.07. The van der Waals surface area contributed by atoms with E-state index in [4.69, 9.17) is 9.15 Å². The normalized spacial score (nSPS) is 11.2. The number of fused-ring (bicyclic) bond motifs is 1. The van der Waals surface area contributed by atoms with E-state index in [0.29, 0.717) is 28.4 Å². The minimum Gasteiger partial charge on any atom is -0.495 e. The van der Waals surface area contributed by atoms with Crippen molar-refractivity contribution >= 4 is 60.6 Å². The van der Waals surface area contributed by atoms with Gasteiger partial charge in [0.2, 0.25) is 11.8 Å². The molecule has 0 saturated carbocycles. The van der Waals surface area contributed by atoms with Gasteiger partial charge in [-0.2, -0.15) is 0 Å². The Morgan fingerprint density at radius 2 is 2.07 bits per heavy atom. The van der Waals surface area contributed by atoms with Crippen LogP contribution in [0.2, 0.25) is 0 Å². The highest BCUT2D eigenvalue weighted by Crippen LogP contribution is 2.33. The van der Waals surface area contributed by atoms with Crippen LogP contribution in [0, 0.1) is 0 Å². The number of hydrogen-bond donors (Lipinski definition) is 1. The number of amides is 1. The molecular formula is C22H15Br2N3O3. The van der Waals surface area contributed by atoms with Gasteiger partial charge in [0.15, 0.2) is 5.58 Å². The van der Waals surface area contributed by atoms with Gasteiger partial charge >= 0.3 is 0 Å². The number of carbonyl (C=O) groups is 1. The number of oxazole rings is 1. The molecular weight excluding hydrogens is 514 g/mol. The van der Waals surface area contributed by atoms with Crippen LogP contribution in [0.5, 0.6) is 5.75 Å². The number of anilines is 1. The molecule has 0 radical (unpaired) electrons. The quantitative estimate of drug-likeness (QED) is 0.318. The zero-order valence-corrected chi connectivity index (χ0v) is 18.9. The summed E-state index contributed by atoms with van der Waals surface area (Å²) < 4.78 is 12.8. The van der Waals surface area contributed by atoms with E-state index in [9.17, 15) is 4.79 Å². The molecule has 6 nitrogen and oxygen atoms in total. The fourth-order valence-corrected chi connectivity index (χ4v) is 4.31. The SMILES string of the molecule is COc1c(Br)cc(Br)cc1/C=C/C(=O)Nc1ccc2oc(-c3cccnc3)nc2c1. The fourth-order valence-electron chi connectivity index (χ4n) is 2.89. The summed E-state index contributed by atoms with van der Waals surface area (Å²) in [7, 11) is 1.58. The standard InChI is InChI=1S/C22H15Br2N3O3/c1-29-21-13(9-15(23)10-17(21)24)4-7-20(28)26-16-5-6-19-18(11-16)27-22(30-19)14-3-2-8-25-12-14/h2-12H,1H3,(H,26,28)/b7-4+. The molecule has 2 heterocycles. The molecule has 30 heavy (non-hydrogen) atoms. The molecule has 0 spiro atoms. The molecule has 2 aromatic carbocycles. The number of methoxy groups -OCH3 is 1. The average Bonchev–Trinajstić information content (AvgIpc) is 3.16. The lowest BCUT2D eigenvalue weighted by molar-refractivity contribution is -0.111. The highest BCUT2D eigenvalue weighted by Gasteiger charge is 2.10. The molecule has 4 rings (SSSR count). The summed E-state index contributed by atoms with van der Waals surface area (Å²) in [5.41, 5.74) is 3.45. The number of halogens is 2. The number of benzene rings is 2. The Bertz CT molecular complexity index is 1250. The number of aromatic nitrogens is 2. The average molecular weight is 529 g/mol. The molecule has 0 aliphatic carbocycles. The Hall–Kier alpha value is -2.97. The predicted octanol–water partition coefficient (Wildman–Crippen LogP) is 6.08. The van der Waals surface area contributed by atoms with Gasteiger partial charge in [-0.1, -0.05) is 15.9 Å². The van der Waals surface area contributed by atoms with Gasteiger partial charge in [0.25, 0.3) is 0 Å². The van der Waals surface area contributed by atoms with E-state index in [1.807, 2.05) is 24.3 Å². The molecule has 0 bridgehead atoms. The van der Waals surface area contributed by atoms with Crippen LogP contribution in [-0.2, 0) is 4.79 Å². The second-order valence-electron chi connectivity index (χ2n) is 6.28. The van der Waals surface area contributed by atoms with Crippen LogP contribution in [0.1, 0.15) is 5.56 Å². The summed E-state index contributed by atoms with van der Waals surface area (Å²) in [4.78, 5) is 21.0. The molecule has 4 aromatic rings. The third kappa shape index (κ3) is 4.44. The summed E-state index contributed by atoms with van der Waals surface area (Å²) in [5.74, 6) is 0.853. The van der Waals surface area contributed by atoms with Crippen LogP contribution in [-0.4, -0.2) is 23.0 Å². The highest BCUT2D eigenvalue weighted by atomic mass is 79.9. The summed E-state index contributed by atoms with van der Waals surface area (Å²) in [6.07, 6.45) is 6.52. The Morgan fingerprint density at radius 3 is 2.83 bits per heavy atom. The Morgan fingerprint density at radius 1 is 1.20 bits per heavy atom. The Labute approximate surface area is 189 Å². The van der Waals surface area contributed by atoms with Gasteiger partial charge in [0.05, 0.1) is 17.1 Å². The minimum atomic E-state index is -0.275. The van der Waals surface area contributed by atoms with Gasteiger partial charge in [-0.25, -0.2) is 4.98 Å². The first-order valence-electron chi connectivity index (χ1n) is 8.86. The third-order valence-corrected chi connectivity index (χ3v) is 5.27. The van der Waals surface area contributed by atoms with E-state index in [0.717, 1.165) is 20.1 Å². The second-order valence-corrected chi connectivity index (χ2v) is 8.05. The minimum absolute atomic E-state index is 0.275. The summed E-state index contributed by atoms with van der Waals surface area (Å²) in [6, 6.07) is 12.7. The smallest absolute Gasteiger partial charge is 0.248 e. The van der Waals surface area contributed by atoms with Gasteiger partial charge in [-0.05, 0) is 64.5 Å². The van der Waals surface area contributed by atoms with E-state index in [2.05, 4.69) is 47.1 Å². The van der Waals surface area contributed by atoms with Crippen LogP contribution in [0.25, 0.3) is 28.6 Å². The molecule has 1 N–H and O–H groups in total. The van der Waals surface area contributed by atoms with Crippen molar-refractivity contribution in [2.75, 3.05) is 12.4 Å². The molecule has 0 unspecified atom stereocenters. The topological polar surface area (TPSA) is 77.2 Å². The molecule has 0 fully saturated rings. The maximum absolute atomic E-state index is 12.4. The first-order chi connectivity index (χ1) is 14.5. The first kappa shape index (κ1) is 20.3. The lowest BCUT2D eigenvalue weighted by Gasteiger charge is -2.08. The monoisotopic (exact) mass is 527 g/mol. The fraction of sp³-hybridized carbons (Fsp3) is 0.0455. The molecule has 0 saturated heterocycles. The van der Waals surface area contributed by atoms with E-state index >= 15 is 0 Å². The molecule has 0 aliphatic rings. The van der Waals surface area contributed by atoms with Crippen molar-refractivity contribution in [2.45, 2.75) is 0 Å². The highest BCUT2D eigenvalue weighted by molar-refractivity contribution is 9.11. The number of ether oxygens (including phenoxy) is 1. The first-order valence-corrected chi connectivity index (χ1v) is 10.4. The van der Waals surface area contributed by atoms with Gasteiger partial charge in [0.1, 0.15) is 11.3 Å². The van der Waals surface area contributed by atoms with Gasteiger partial charge in [0, 0.05) is 34.2 Å². The molecule has 8 heteroatoms. The molecule has 2 aromatic heterocycles. The van der Waals surface area contributed by atoms with Crippen LogP contribution in [0.4, 0.5) is 5.69 Å². The number of hydrogen-bond acceptors (Lipinski definition) is 5. The predicted molar refractivity (Wildman–Crippen MR) is 123 cm³/mol. The summed E-state index contributed by atoms with van der Waals surface area (Å²) >= 11 is 6.89. The number of nitrogens with zero attached hydrogens (tertiary/aromatic N) is 2. The molecule has 0 aliphatic heterocycles. The largest absolute Gasteiger partial charge is 0.495 e. The van der Waals surface area contributed by atoms with Crippen molar-refractivity contribution < 1.29 is 13.9 Å². The van der Waals surface area contributed by atoms with E-state index in [1.165, 1.54) is 6.08 Å². The van der Waals surface area contributed by atoms with Crippen molar-refractivity contribution in [3.05, 3.63) is 75.4 Å². The zero-order valence-electron chi connectivity index (χ0n) is 15.7. The van der Waals surface area contributed by atoms with Gasteiger partial charge < -0.3 is 14.5 Å². The second kappa shape index (κ2) is 8.81. The van der Waals surface area contributed by atoms with Gasteiger partial charge in [-0.3, -0.25) is 9.78 Å². The third-order valence-electron chi connectivity index (χ3n) is 4.22. The van der Waals surface area contributed by atoms with Crippen LogP contribution in [0.15, 0.2) is 74.3 Å². The summed E-state index contributed by atoms with van der Waals surface area (Å²) in [6.45, 7) is 0. The molecule has 0 atom stereocenters. The molecule has 150 valence electrons. The van der Waals surface area contributed by atoms with Crippen LogP contribution >= 0.6 is 31.9 Å². The van der Waals surface area contributed by atoms with Crippen molar-refractivity contribution in [2.24, 2.45) is 0 Å². The number of rotatable bonds is 5. The Balaban J connectivity index is 1.53. The van der Waals surface area contributed by atoms with Crippen LogP contribution in [0.3, 0.4) is 0 Å². The van der Waals surface area contributed by atoms with E-state index < -0.39 is 0 Å². The van der Waals surface area contributed by atoms with Crippen molar-refractivity contribution in [3.8, 4) is 17.2 Å². The van der Waals surface area contributed by atoms with Gasteiger partial charge in [-0.15, -0.1) is 0 Å². The zero-order chi connectivity index (χ0) is 21.1. The van der Waals surface area contributed by atoms with Crippen molar-refractivity contribution in [1.82, 2.24) is 9.97 Å². The van der Waals surface area contributed by atoms with Crippen molar-refractivity contribution in [3.63, 3.8) is 0 Å².